The summed E-state index contributed by atoms with van der Waals surface area (Å²) >= 11 is 0. The van der Waals surface area contributed by atoms with Gasteiger partial charge in [0, 0.05) is 12.6 Å². The Morgan fingerprint density at radius 1 is 1.40 bits per heavy atom. The molecule has 0 bridgehead atoms. The first-order valence-corrected chi connectivity index (χ1v) is 4.93. The maximum Gasteiger partial charge on any atom is 0.219 e. The molecule has 1 heterocycles. The van der Waals surface area contributed by atoms with Gasteiger partial charge in [-0.15, -0.1) is 0 Å². The lowest BCUT2D eigenvalue weighted by atomic mass is 10.1. The molecule has 0 unspecified atom stereocenters. The van der Waals surface area contributed by atoms with Crippen molar-refractivity contribution >= 4 is 11.6 Å². The Bertz CT molecular complexity index is 355. The highest BCUT2D eigenvalue weighted by molar-refractivity contribution is 5.74. The van der Waals surface area contributed by atoms with Gasteiger partial charge in [-0.3, -0.25) is 4.79 Å². The zero-order chi connectivity index (χ0) is 10.8. The van der Waals surface area contributed by atoms with E-state index in [-0.39, 0.29) is 12.0 Å². The number of anilines is 1. The van der Waals surface area contributed by atoms with Crippen molar-refractivity contribution in [3.63, 3.8) is 0 Å². The molecule has 1 aliphatic rings. The molecule has 1 aliphatic heterocycles. The van der Waals surface area contributed by atoms with E-state index < -0.39 is 0 Å². The van der Waals surface area contributed by atoms with Crippen LogP contribution in [-0.2, 0) is 4.79 Å². The fourth-order valence-electron chi connectivity index (χ4n) is 1.51. The number of likely N-dealkylation sites (tertiary alicyclic amines) is 1. The first-order chi connectivity index (χ1) is 7.15. The summed E-state index contributed by atoms with van der Waals surface area (Å²) in [6.07, 6.45) is 0.123. The van der Waals surface area contributed by atoms with Crippen LogP contribution < -0.4 is 10.5 Å². The van der Waals surface area contributed by atoms with Crippen LogP contribution in [0.1, 0.15) is 6.92 Å². The van der Waals surface area contributed by atoms with Gasteiger partial charge in [0.25, 0.3) is 0 Å². The molecule has 15 heavy (non-hydrogen) atoms. The number of rotatable bonds is 2. The highest BCUT2D eigenvalue weighted by Gasteiger charge is 2.29. The third-order valence-electron chi connectivity index (χ3n) is 2.48. The Balaban J connectivity index is 1.85. The monoisotopic (exact) mass is 206 g/mol. The molecule has 1 saturated heterocycles. The van der Waals surface area contributed by atoms with E-state index in [0.29, 0.717) is 13.1 Å². The molecule has 0 spiro atoms. The average Bonchev–Trinajstić information content (AvgIpc) is 2.13. The number of nitrogens with two attached hydrogens (primary N) is 1. The van der Waals surface area contributed by atoms with E-state index in [1.807, 2.05) is 12.1 Å². The highest BCUT2D eigenvalue weighted by Crippen LogP contribution is 2.19. The summed E-state index contributed by atoms with van der Waals surface area (Å²) in [5.41, 5.74) is 6.28. The van der Waals surface area contributed by atoms with E-state index in [0.717, 1.165) is 11.4 Å². The Kier molecular flexibility index (Phi) is 2.49. The van der Waals surface area contributed by atoms with Gasteiger partial charge < -0.3 is 15.4 Å². The fraction of sp³-hybridized carbons (Fsp3) is 0.364. The molecule has 2 N–H and O–H groups in total. The number of carbonyl (C=O) groups is 1. The number of carbonyl (C=O) groups excluding carboxylic acids is 1. The van der Waals surface area contributed by atoms with Crippen LogP contribution in [0.3, 0.4) is 0 Å². The summed E-state index contributed by atoms with van der Waals surface area (Å²) in [7, 11) is 0. The van der Waals surface area contributed by atoms with Crippen molar-refractivity contribution in [2.45, 2.75) is 13.0 Å². The standard InChI is InChI=1S/C11H14N2O2/c1-8(14)13-6-11(7-13)15-10-4-2-9(12)3-5-10/h2-5,11H,6-7,12H2,1H3. The average molecular weight is 206 g/mol. The van der Waals surface area contributed by atoms with Gasteiger partial charge in [0.2, 0.25) is 5.91 Å². The van der Waals surface area contributed by atoms with Gasteiger partial charge in [-0.05, 0) is 24.3 Å². The van der Waals surface area contributed by atoms with Crippen LogP contribution in [0, 0.1) is 0 Å². The van der Waals surface area contributed by atoms with Crippen LogP contribution in [0.25, 0.3) is 0 Å². The van der Waals surface area contributed by atoms with Gasteiger partial charge in [-0.1, -0.05) is 0 Å². The van der Waals surface area contributed by atoms with Gasteiger partial charge >= 0.3 is 0 Å². The first-order valence-electron chi connectivity index (χ1n) is 4.93. The molecule has 0 radical (unpaired) electrons. The van der Waals surface area contributed by atoms with Crippen molar-refractivity contribution in [3.8, 4) is 5.75 Å². The lowest BCUT2D eigenvalue weighted by Gasteiger charge is -2.38. The second kappa shape index (κ2) is 3.81. The van der Waals surface area contributed by atoms with Crippen molar-refractivity contribution in [2.24, 2.45) is 0 Å². The van der Waals surface area contributed by atoms with Crippen LogP contribution in [0.2, 0.25) is 0 Å². The fourth-order valence-corrected chi connectivity index (χ4v) is 1.51. The van der Waals surface area contributed by atoms with E-state index in [2.05, 4.69) is 0 Å². The molecule has 80 valence electrons. The van der Waals surface area contributed by atoms with Gasteiger partial charge in [-0.2, -0.15) is 0 Å². The van der Waals surface area contributed by atoms with E-state index in [9.17, 15) is 4.79 Å². The summed E-state index contributed by atoms with van der Waals surface area (Å²) in [6, 6.07) is 7.28. The van der Waals surface area contributed by atoms with E-state index >= 15 is 0 Å². The molecular formula is C11H14N2O2. The van der Waals surface area contributed by atoms with E-state index in [1.165, 1.54) is 0 Å². The topological polar surface area (TPSA) is 55.6 Å². The Morgan fingerprint density at radius 2 is 2.00 bits per heavy atom. The molecule has 1 aromatic carbocycles. The van der Waals surface area contributed by atoms with Crippen LogP contribution >= 0.6 is 0 Å². The number of ether oxygens (including phenoxy) is 1. The normalized spacial score (nSPS) is 15.9. The number of hydrogen-bond acceptors (Lipinski definition) is 3. The molecule has 1 aromatic rings. The highest BCUT2D eigenvalue weighted by atomic mass is 16.5. The second-order valence-corrected chi connectivity index (χ2v) is 3.73. The van der Waals surface area contributed by atoms with Gasteiger partial charge in [0.15, 0.2) is 0 Å². The number of hydrogen-bond donors (Lipinski definition) is 1. The molecule has 0 atom stereocenters. The van der Waals surface area contributed by atoms with Crippen molar-refractivity contribution < 1.29 is 9.53 Å². The maximum absolute atomic E-state index is 10.9. The molecule has 4 heteroatoms. The lowest BCUT2D eigenvalue weighted by Crippen LogP contribution is -2.55. The summed E-state index contributed by atoms with van der Waals surface area (Å²) < 4.78 is 5.64. The minimum atomic E-state index is 0.104. The van der Waals surface area contributed by atoms with Crippen LogP contribution in [0.5, 0.6) is 5.75 Å². The van der Waals surface area contributed by atoms with Crippen LogP contribution in [0.15, 0.2) is 24.3 Å². The van der Waals surface area contributed by atoms with Crippen LogP contribution in [0.4, 0.5) is 5.69 Å². The number of benzene rings is 1. The summed E-state index contributed by atoms with van der Waals surface area (Å²) in [4.78, 5) is 12.7. The number of nitrogens with zero attached hydrogens (tertiary/aromatic N) is 1. The molecule has 4 nitrogen and oxygen atoms in total. The summed E-state index contributed by atoms with van der Waals surface area (Å²) in [5.74, 6) is 0.907. The zero-order valence-electron chi connectivity index (χ0n) is 8.64. The Labute approximate surface area is 88.6 Å². The Hall–Kier alpha value is -1.71. The molecule has 2 rings (SSSR count). The molecule has 1 amide bonds. The van der Waals surface area contributed by atoms with Crippen molar-refractivity contribution in [1.29, 1.82) is 0 Å². The quantitative estimate of drug-likeness (QED) is 0.731. The largest absolute Gasteiger partial charge is 0.487 e. The smallest absolute Gasteiger partial charge is 0.219 e. The molecular weight excluding hydrogens is 192 g/mol. The van der Waals surface area contributed by atoms with Crippen molar-refractivity contribution in [2.75, 3.05) is 18.8 Å². The minimum Gasteiger partial charge on any atom is -0.487 e. The summed E-state index contributed by atoms with van der Waals surface area (Å²) in [6.45, 7) is 2.93. The maximum atomic E-state index is 10.9. The van der Waals surface area contributed by atoms with E-state index in [4.69, 9.17) is 10.5 Å². The van der Waals surface area contributed by atoms with Gasteiger partial charge in [0.05, 0.1) is 13.1 Å². The van der Waals surface area contributed by atoms with E-state index in [1.54, 1.807) is 24.0 Å². The molecule has 0 aliphatic carbocycles. The molecule has 0 saturated carbocycles. The van der Waals surface area contributed by atoms with Gasteiger partial charge in [-0.25, -0.2) is 0 Å². The van der Waals surface area contributed by atoms with Gasteiger partial charge in [0.1, 0.15) is 11.9 Å². The summed E-state index contributed by atoms with van der Waals surface area (Å²) in [5, 5.41) is 0. The van der Waals surface area contributed by atoms with Crippen LogP contribution in [-0.4, -0.2) is 30.0 Å². The third kappa shape index (κ3) is 2.21. The zero-order valence-corrected chi connectivity index (χ0v) is 8.64. The Morgan fingerprint density at radius 3 is 2.53 bits per heavy atom. The predicted octanol–water partition coefficient (Wildman–Crippen LogP) is 0.878. The molecule has 0 aromatic heterocycles. The second-order valence-electron chi connectivity index (χ2n) is 3.73. The lowest BCUT2D eigenvalue weighted by molar-refractivity contribution is -0.137. The minimum absolute atomic E-state index is 0.104. The number of nitrogen functional groups attached to an aromatic ring is 1. The SMILES string of the molecule is CC(=O)N1CC(Oc2ccc(N)cc2)C1. The number of amides is 1. The molecule has 1 fully saturated rings. The predicted molar refractivity (Wildman–Crippen MR) is 57.5 cm³/mol. The van der Waals surface area contributed by atoms with Crippen molar-refractivity contribution in [3.05, 3.63) is 24.3 Å². The first kappa shape index (κ1) is 9.83. The van der Waals surface area contributed by atoms with Crippen molar-refractivity contribution in [1.82, 2.24) is 4.90 Å². The third-order valence-corrected chi connectivity index (χ3v) is 2.48.